The number of rotatable bonds is 14. The van der Waals surface area contributed by atoms with Crippen LogP contribution in [0.1, 0.15) is 60.8 Å². The summed E-state index contributed by atoms with van der Waals surface area (Å²) in [6.45, 7) is 6.89. The minimum Gasteiger partial charge on any atom is -0.478 e. The zero-order chi connectivity index (χ0) is 40.8. The third-order valence-electron chi connectivity index (χ3n) is 9.23. The van der Waals surface area contributed by atoms with Gasteiger partial charge in [-0.1, -0.05) is 43.3 Å². The van der Waals surface area contributed by atoms with Crippen LogP contribution >= 0.6 is 0 Å². The number of carbonyl (C=O) groups is 6. The van der Waals surface area contributed by atoms with Crippen molar-refractivity contribution in [2.24, 2.45) is 0 Å². The number of halogens is 3. The number of nitrogens with zero attached hydrogens (tertiary/aromatic N) is 3. The van der Waals surface area contributed by atoms with E-state index in [1.54, 1.807) is 70.2 Å². The molecule has 5 rings (SSSR count). The van der Waals surface area contributed by atoms with E-state index in [4.69, 9.17) is 25.1 Å². The van der Waals surface area contributed by atoms with Crippen LogP contribution < -0.4 is 26.0 Å². The quantitative estimate of drug-likeness (QED) is 0.0801. The van der Waals surface area contributed by atoms with Crippen molar-refractivity contribution in [1.29, 1.82) is 0 Å². The molecule has 2 unspecified atom stereocenters. The van der Waals surface area contributed by atoms with E-state index in [2.05, 4.69) is 20.6 Å². The summed E-state index contributed by atoms with van der Waals surface area (Å²) in [5.41, 5.74) is 3.92. The normalized spacial score (nSPS) is 20.1. The number of anilines is 2. The standard InChI is InChI=1S/C35H40N6O7.C2HF3O2/c1-22(2)48-31(46)35(34(21-43,40-35)14-15-42)33(4,25-10-6-5-7-11-25)20-41-27-13-12-24(18-26(27)30(45)37-19-29(41)44)9-8-16-47-28-17-23(3)38-32(36)39-28;3-2(4,5)1(6)7/h5-7,10-13,15,17-18,21-22,40H,8-9,14,16,19-20H2,1-4H3,(H,37,45)(H2,36,38,39);(H,6,7)/t33?,34?,35-;/m1./s1. The first-order valence-electron chi connectivity index (χ1n) is 17.1. The molecule has 15 nitrogen and oxygen atoms in total. The van der Waals surface area contributed by atoms with Gasteiger partial charge in [-0.2, -0.15) is 18.2 Å². The molecule has 2 aromatic carbocycles. The van der Waals surface area contributed by atoms with Crippen LogP contribution in [0.5, 0.6) is 5.88 Å². The zero-order valence-electron chi connectivity index (χ0n) is 30.4. The van der Waals surface area contributed by atoms with E-state index in [1.165, 1.54) is 4.90 Å². The number of carboxylic acid groups (broad SMARTS) is 1. The number of nitrogens with two attached hydrogens (primary N) is 1. The molecule has 0 spiro atoms. The summed E-state index contributed by atoms with van der Waals surface area (Å²) < 4.78 is 43.2. The molecule has 1 aromatic heterocycles. The third-order valence-corrected chi connectivity index (χ3v) is 9.23. The largest absolute Gasteiger partial charge is 0.490 e. The molecule has 5 N–H and O–H groups in total. The first-order chi connectivity index (χ1) is 25.8. The Kier molecular flexibility index (Phi) is 12.6. The first kappa shape index (κ1) is 41.8. The summed E-state index contributed by atoms with van der Waals surface area (Å²) in [5.74, 6) is -3.80. The number of aldehydes is 2. The van der Waals surface area contributed by atoms with Crippen LogP contribution in [0.15, 0.2) is 54.6 Å². The third kappa shape index (κ3) is 8.91. The second-order valence-electron chi connectivity index (χ2n) is 13.5. The Hall–Kier alpha value is -5.91. The predicted octanol–water partition coefficient (Wildman–Crippen LogP) is 2.87. The highest BCUT2D eigenvalue weighted by atomic mass is 19.4. The molecular weight excluding hydrogens is 729 g/mol. The van der Waals surface area contributed by atoms with Crippen molar-refractivity contribution in [2.45, 2.75) is 75.7 Å². The van der Waals surface area contributed by atoms with Gasteiger partial charge < -0.3 is 40.1 Å². The molecule has 0 radical (unpaired) electrons. The lowest BCUT2D eigenvalue weighted by atomic mass is 9.65. The van der Waals surface area contributed by atoms with Crippen molar-refractivity contribution in [1.82, 2.24) is 20.6 Å². The SMILES string of the molecule is Cc1cc(OCCCc2ccc3c(c2)C(=O)NCC(=O)N3CC(C)(c2ccccc2)[C@@]2(C(=O)OC(C)C)NC2(C=O)CC=O)nc(N)n1.O=C(O)C(F)(F)F. The van der Waals surface area contributed by atoms with Crippen LogP contribution in [0, 0.1) is 6.92 Å². The molecule has 0 bridgehead atoms. The van der Waals surface area contributed by atoms with Crippen LogP contribution in [0.3, 0.4) is 0 Å². The van der Waals surface area contributed by atoms with Crippen molar-refractivity contribution >= 4 is 48.0 Å². The van der Waals surface area contributed by atoms with E-state index in [9.17, 15) is 37.1 Å². The van der Waals surface area contributed by atoms with Crippen LogP contribution in [0.25, 0.3) is 0 Å². The van der Waals surface area contributed by atoms with Crippen LogP contribution in [0.4, 0.5) is 24.8 Å². The minimum absolute atomic E-state index is 0.124. The minimum atomic E-state index is -5.08. The van der Waals surface area contributed by atoms with E-state index in [0.717, 1.165) is 5.56 Å². The number of fused-ring (bicyclic) bond motifs is 1. The fourth-order valence-corrected chi connectivity index (χ4v) is 6.64. The van der Waals surface area contributed by atoms with Gasteiger partial charge in [0.05, 0.1) is 30.5 Å². The van der Waals surface area contributed by atoms with Gasteiger partial charge in [0.25, 0.3) is 5.91 Å². The summed E-state index contributed by atoms with van der Waals surface area (Å²) in [4.78, 5) is 84.2. The number of nitrogen functional groups attached to an aromatic ring is 1. The summed E-state index contributed by atoms with van der Waals surface area (Å²) in [6, 6.07) is 16.0. The number of alkyl halides is 3. The average Bonchev–Trinajstić information content (AvgIpc) is 3.83. The van der Waals surface area contributed by atoms with Gasteiger partial charge in [0.15, 0.2) is 5.54 Å². The number of esters is 1. The number of nitrogens with one attached hydrogen (secondary N) is 2. The molecule has 0 saturated carbocycles. The fourth-order valence-electron chi connectivity index (χ4n) is 6.64. The molecule has 3 aromatic rings. The molecule has 2 aliphatic rings. The van der Waals surface area contributed by atoms with Gasteiger partial charge in [-0.3, -0.25) is 14.9 Å². The van der Waals surface area contributed by atoms with Gasteiger partial charge in [-0.05, 0) is 56.9 Å². The Balaban J connectivity index is 0.000000876. The lowest BCUT2D eigenvalue weighted by Gasteiger charge is -2.41. The average molecular weight is 771 g/mol. The molecule has 18 heteroatoms. The van der Waals surface area contributed by atoms with Gasteiger partial charge in [-0.25, -0.2) is 14.6 Å². The number of carboxylic acids is 1. The maximum atomic E-state index is 14.0. The highest BCUT2D eigenvalue weighted by Gasteiger charge is 2.80. The maximum absolute atomic E-state index is 14.0. The lowest BCUT2D eigenvalue weighted by Crippen LogP contribution is -2.59. The van der Waals surface area contributed by atoms with Crippen molar-refractivity contribution in [2.75, 3.05) is 30.3 Å². The van der Waals surface area contributed by atoms with E-state index in [1.807, 2.05) is 12.1 Å². The maximum Gasteiger partial charge on any atom is 0.490 e. The Bertz CT molecular complexity index is 1930. The number of aromatic nitrogens is 2. The van der Waals surface area contributed by atoms with E-state index < -0.39 is 52.5 Å². The zero-order valence-corrected chi connectivity index (χ0v) is 30.4. The summed E-state index contributed by atoms with van der Waals surface area (Å²) in [7, 11) is 0. The van der Waals surface area contributed by atoms with Crippen molar-refractivity contribution < 1.29 is 56.5 Å². The Labute approximate surface area is 313 Å². The number of benzene rings is 2. The Morgan fingerprint density at radius 2 is 1.76 bits per heavy atom. The lowest BCUT2D eigenvalue weighted by molar-refractivity contribution is -0.192. The Morgan fingerprint density at radius 3 is 2.35 bits per heavy atom. The molecule has 3 atom stereocenters. The van der Waals surface area contributed by atoms with Gasteiger partial charge in [0.1, 0.15) is 18.1 Å². The molecule has 1 saturated heterocycles. The highest BCUT2D eigenvalue weighted by Crippen LogP contribution is 2.55. The molecule has 3 heterocycles. The molecule has 0 aliphatic carbocycles. The number of hydrogen-bond donors (Lipinski definition) is 4. The number of hydrogen-bond acceptors (Lipinski definition) is 12. The highest BCUT2D eigenvalue weighted by molar-refractivity contribution is 6.10. The van der Waals surface area contributed by atoms with Gasteiger partial charge in [0.2, 0.25) is 17.7 Å². The van der Waals surface area contributed by atoms with E-state index in [0.29, 0.717) is 54.8 Å². The van der Waals surface area contributed by atoms with E-state index >= 15 is 0 Å². The predicted molar refractivity (Wildman–Crippen MR) is 190 cm³/mol. The molecule has 2 aliphatic heterocycles. The van der Waals surface area contributed by atoms with Crippen molar-refractivity contribution in [3.05, 3.63) is 77.0 Å². The summed E-state index contributed by atoms with van der Waals surface area (Å²) in [5, 5.41) is 12.9. The number of amides is 2. The topological polar surface area (TPSA) is 230 Å². The van der Waals surface area contributed by atoms with Crippen molar-refractivity contribution in [3.8, 4) is 5.88 Å². The van der Waals surface area contributed by atoms with E-state index in [-0.39, 0.29) is 31.0 Å². The van der Waals surface area contributed by atoms with Crippen LogP contribution in [-0.4, -0.2) is 94.5 Å². The Morgan fingerprint density at radius 1 is 1.09 bits per heavy atom. The number of ether oxygens (including phenoxy) is 2. The van der Waals surface area contributed by atoms with Gasteiger partial charge in [0, 0.05) is 30.1 Å². The second kappa shape index (κ2) is 16.6. The molecule has 55 heavy (non-hydrogen) atoms. The van der Waals surface area contributed by atoms with Gasteiger partial charge >= 0.3 is 18.1 Å². The smallest absolute Gasteiger partial charge is 0.478 e. The van der Waals surface area contributed by atoms with Crippen molar-refractivity contribution in [3.63, 3.8) is 0 Å². The van der Waals surface area contributed by atoms with Gasteiger partial charge in [-0.15, -0.1) is 0 Å². The number of carbonyl (C=O) groups excluding carboxylic acids is 5. The summed E-state index contributed by atoms with van der Waals surface area (Å²) >= 11 is 0. The molecule has 1 fully saturated rings. The first-order valence-corrected chi connectivity index (χ1v) is 17.1. The van der Waals surface area contributed by atoms with Crippen LogP contribution in [0.2, 0.25) is 0 Å². The summed E-state index contributed by atoms with van der Waals surface area (Å²) in [6.07, 6.45) is -3.56. The number of aryl methyl sites for hydroxylation is 2. The molecule has 2 amide bonds. The molecular formula is C37H41F3N6O9. The second-order valence-corrected chi connectivity index (χ2v) is 13.5. The van der Waals surface area contributed by atoms with Crippen LogP contribution in [-0.2, 0) is 40.5 Å². The molecule has 294 valence electrons. The monoisotopic (exact) mass is 770 g/mol. The fraction of sp³-hybridized carbons (Fsp3) is 0.405. The number of aliphatic carboxylic acids is 1.